The first-order valence-corrected chi connectivity index (χ1v) is 6.62. The van der Waals surface area contributed by atoms with Gasteiger partial charge in [-0.15, -0.1) is 0 Å². The number of aryl methyl sites for hydroxylation is 1. The Kier molecular flexibility index (Phi) is 4.24. The SMILES string of the molecule is Cc1ccc(C(CN)OC2CCCCC2C)o1. The molecule has 96 valence electrons. The van der Waals surface area contributed by atoms with Crippen LogP contribution in [0.25, 0.3) is 0 Å². The fourth-order valence-corrected chi connectivity index (χ4v) is 2.56. The van der Waals surface area contributed by atoms with Crippen molar-refractivity contribution in [2.24, 2.45) is 11.7 Å². The molecule has 0 saturated heterocycles. The molecule has 0 amide bonds. The maximum Gasteiger partial charge on any atom is 0.134 e. The molecule has 1 fully saturated rings. The Balaban J connectivity index is 1.99. The molecular formula is C14H23NO2. The number of hydrogen-bond acceptors (Lipinski definition) is 3. The molecule has 17 heavy (non-hydrogen) atoms. The summed E-state index contributed by atoms with van der Waals surface area (Å²) < 4.78 is 11.7. The van der Waals surface area contributed by atoms with E-state index in [1.807, 2.05) is 19.1 Å². The lowest BCUT2D eigenvalue weighted by molar-refractivity contribution is -0.0612. The third-order valence-corrected chi connectivity index (χ3v) is 3.66. The predicted octanol–water partition coefficient (Wildman–Crippen LogP) is 3.18. The second-order valence-electron chi connectivity index (χ2n) is 5.11. The Hall–Kier alpha value is -0.800. The van der Waals surface area contributed by atoms with Gasteiger partial charge in [-0.25, -0.2) is 0 Å². The second kappa shape index (κ2) is 5.69. The molecule has 3 nitrogen and oxygen atoms in total. The van der Waals surface area contributed by atoms with Gasteiger partial charge in [0.1, 0.15) is 17.6 Å². The van der Waals surface area contributed by atoms with Gasteiger partial charge in [0.05, 0.1) is 6.10 Å². The number of nitrogens with two attached hydrogens (primary N) is 1. The molecule has 1 aliphatic rings. The molecule has 2 rings (SSSR count). The standard InChI is InChI=1S/C14H23NO2/c1-10-5-3-4-6-12(10)17-14(9-15)13-8-7-11(2)16-13/h7-8,10,12,14H,3-6,9,15H2,1-2H3. The van der Waals surface area contributed by atoms with E-state index < -0.39 is 0 Å². The fraction of sp³-hybridized carbons (Fsp3) is 0.714. The monoisotopic (exact) mass is 237 g/mol. The van der Waals surface area contributed by atoms with Crippen molar-refractivity contribution in [1.29, 1.82) is 0 Å². The molecule has 0 aromatic carbocycles. The van der Waals surface area contributed by atoms with Crippen molar-refractivity contribution in [3.63, 3.8) is 0 Å². The van der Waals surface area contributed by atoms with Gasteiger partial charge in [0, 0.05) is 6.54 Å². The van der Waals surface area contributed by atoms with E-state index in [9.17, 15) is 0 Å². The van der Waals surface area contributed by atoms with Crippen LogP contribution >= 0.6 is 0 Å². The quantitative estimate of drug-likeness (QED) is 0.875. The molecule has 2 N–H and O–H groups in total. The lowest BCUT2D eigenvalue weighted by Crippen LogP contribution is -2.29. The summed E-state index contributed by atoms with van der Waals surface area (Å²) in [6, 6.07) is 3.94. The minimum atomic E-state index is -0.0887. The summed E-state index contributed by atoms with van der Waals surface area (Å²) in [5.74, 6) is 2.41. The third-order valence-electron chi connectivity index (χ3n) is 3.66. The van der Waals surface area contributed by atoms with Gasteiger partial charge >= 0.3 is 0 Å². The van der Waals surface area contributed by atoms with Gasteiger partial charge in [-0.1, -0.05) is 19.8 Å². The Labute approximate surface area is 103 Å². The van der Waals surface area contributed by atoms with Crippen LogP contribution in [0.2, 0.25) is 0 Å². The van der Waals surface area contributed by atoms with Crippen LogP contribution in [0.5, 0.6) is 0 Å². The summed E-state index contributed by atoms with van der Waals surface area (Å²) in [4.78, 5) is 0. The summed E-state index contributed by atoms with van der Waals surface area (Å²) >= 11 is 0. The van der Waals surface area contributed by atoms with Gasteiger partial charge in [0.25, 0.3) is 0 Å². The molecule has 0 aliphatic heterocycles. The topological polar surface area (TPSA) is 48.4 Å². The molecule has 3 atom stereocenters. The predicted molar refractivity (Wildman–Crippen MR) is 67.7 cm³/mol. The van der Waals surface area contributed by atoms with E-state index in [4.69, 9.17) is 14.9 Å². The minimum absolute atomic E-state index is 0.0887. The number of furan rings is 1. The third kappa shape index (κ3) is 3.11. The highest BCUT2D eigenvalue weighted by molar-refractivity contribution is 5.08. The summed E-state index contributed by atoms with van der Waals surface area (Å²) in [5.41, 5.74) is 5.79. The molecule has 1 aromatic rings. The van der Waals surface area contributed by atoms with Crippen LogP contribution in [0.3, 0.4) is 0 Å². The summed E-state index contributed by atoms with van der Waals surface area (Å²) in [5, 5.41) is 0. The van der Waals surface area contributed by atoms with E-state index in [1.165, 1.54) is 19.3 Å². The lowest BCUT2D eigenvalue weighted by atomic mass is 9.88. The summed E-state index contributed by atoms with van der Waals surface area (Å²) in [7, 11) is 0. The van der Waals surface area contributed by atoms with Crippen LogP contribution < -0.4 is 5.73 Å². The maximum absolute atomic E-state index is 6.13. The maximum atomic E-state index is 6.13. The lowest BCUT2D eigenvalue weighted by Gasteiger charge is -2.31. The molecule has 3 heteroatoms. The Morgan fingerprint density at radius 2 is 2.18 bits per heavy atom. The van der Waals surface area contributed by atoms with Crippen LogP contribution in [0.1, 0.15) is 50.2 Å². The number of ether oxygens (including phenoxy) is 1. The fourth-order valence-electron chi connectivity index (χ4n) is 2.56. The van der Waals surface area contributed by atoms with Crippen LogP contribution in [0.15, 0.2) is 16.5 Å². The smallest absolute Gasteiger partial charge is 0.134 e. The van der Waals surface area contributed by atoms with Gasteiger partial charge in [0.15, 0.2) is 0 Å². The molecule has 1 saturated carbocycles. The summed E-state index contributed by atoms with van der Waals surface area (Å²) in [6.07, 6.45) is 5.26. The van der Waals surface area contributed by atoms with E-state index in [1.54, 1.807) is 0 Å². The highest BCUT2D eigenvalue weighted by Crippen LogP contribution is 2.31. The van der Waals surface area contributed by atoms with E-state index in [-0.39, 0.29) is 6.10 Å². The highest BCUT2D eigenvalue weighted by atomic mass is 16.5. The Morgan fingerprint density at radius 1 is 1.41 bits per heavy atom. The Morgan fingerprint density at radius 3 is 2.76 bits per heavy atom. The van der Waals surface area contributed by atoms with Gasteiger partial charge < -0.3 is 14.9 Å². The first-order valence-electron chi connectivity index (χ1n) is 6.62. The average Bonchev–Trinajstić information content (AvgIpc) is 2.75. The van der Waals surface area contributed by atoms with Crippen LogP contribution in [-0.4, -0.2) is 12.6 Å². The molecular weight excluding hydrogens is 214 g/mol. The normalized spacial score (nSPS) is 27.0. The van der Waals surface area contributed by atoms with Gasteiger partial charge in [0.2, 0.25) is 0 Å². The molecule has 0 bridgehead atoms. The molecule has 3 unspecified atom stereocenters. The van der Waals surface area contributed by atoms with E-state index >= 15 is 0 Å². The van der Waals surface area contributed by atoms with Crippen molar-refractivity contribution in [3.05, 3.63) is 23.7 Å². The first-order chi connectivity index (χ1) is 8.20. The van der Waals surface area contributed by atoms with E-state index in [0.717, 1.165) is 17.9 Å². The van der Waals surface area contributed by atoms with Crippen LogP contribution in [-0.2, 0) is 4.74 Å². The van der Waals surface area contributed by atoms with Crippen molar-refractivity contribution in [1.82, 2.24) is 0 Å². The molecule has 1 aromatic heterocycles. The number of rotatable bonds is 4. The molecule has 1 heterocycles. The molecule has 1 aliphatic carbocycles. The van der Waals surface area contributed by atoms with Gasteiger partial charge in [-0.2, -0.15) is 0 Å². The van der Waals surface area contributed by atoms with E-state index in [2.05, 4.69) is 6.92 Å². The summed E-state index contributed by atoms with van der Waals surface area (Å²) in [6.45, 7) is 4.70. The average molecular weight is 237 g/mol. The van der Waals surface area contributed by atoms with Crippen molar-refractivity contribution >= 4 is 0 Å². The zero-order valence-electron chi connectivity index (χ0n) is 10.8. The van der Waals surface area contributed by atoms with Crippen LogP contribution in [0, 0.1) is 12.8 Å². The second-order valence-corrected chi connectivity index (χ2v) is 5.11. The van der Waals surface area contributed by atoms with Crippen molar-refractivity contribution in [3.8, 4) is 0 Å². The molecule has 0 radical (unpaired) electrons. The minimum Gasteiger partial charge on any atom is -0.464 e. The van der Waals surface area contributed by atoms with Gasteiger partial charge in [-0.3, -0.25) is 0 Å². The number of hydrogen-bond donors (Lipinski definition) is 1. The molecule has 0 spiro atoms. The van der Waals surface area contributed by atoms with Gasteiger partial charge in [-0.05, 0) is 37.8 Å². The zero-order chi connectivity index (χ0) is 12.3. The highest BCUT2D eigenvalue weighted by Gasteiger charge is 2.26. The zero-order valence-corrected chi connectivity index (χ0v) is 10.8. The first kappa shape index (κ1) is 12.7. The van der Waals surface area contributed by atoms with Crippen molar-refractivity contribution in [2.75, 3.05) is 6.54 Å². The Bertz CT molecular complexity index is 348. The van der Waals surface area contributed by atoms with Crippen molar-refractivity contribution < 1.29 is 9.15 Å². The van der Waals surface area contributed by atoms with Crippen LogP contribution in [0.4, 0.5) is 0 Å². The van der Waals surface area contributed by atoms with Crippen molar-refractivity contribution in [2.45, 2.75) is 51.7 Å². The largest absolute Gasteiger partial charge is 0.464 e. The van der Waals surface area contributed by atoms with E-state index in [0.29, 0.717) is 18.6 Å².